The van der Waals surface area contributed by atoms with E-state index < -0.39 is 6.17 Å². The van der Waals surface area contributed by atoms with Crippen LogP contribution in [0, 0.1) is 0 Å². The maximum Gasteiger partial charge on any atom is 0.116 e. The molecule has 0 bridgehead atoms. The Morgan fingerprint density at radius 2 is 2.45 bits per heavy atom. The number of rotatable bonds is 2. The SMILES string of the molecule is C=C1CCC(SCC)C(F)C1. The molecule has 1 rings (SSSR count). The van der Waals surface area contributed by atoms with Crippen molar-refractivity contribution in [2.24, 2.45) is 0 Å². The predicted octanol–water partition coefficient (Wildman–Crippen LogP) is 3.19. The molecule has 0 saturated heterocycles. The summed E-state index contributed by atoms with van der Waals surface area (Å²) in [5, 5.41) is 0.241. The summed E-state index contributed by atoms with van der Waals surface area (Å²) in [6, 6.07) is 0. The molecule has 0 aromatic carbocycles. The number of halogens is 1. The zero-order chi connectivity index (χ0) is 8.27. The second-order valence-corrected chi connectivity index (χ2v) is 4.52. The van der Waals surface area contributed by atoms with Gasteiger partial charge in [-0.15, -0.1) is 0 Å². The van der Waals surface area contributed by atoms with E-state index in [1.165, 1.54) is 0 Å². The molecular weight excluding hydrogens is 159 g/mol. The van der Waals surface area contributed by atoms with Gasteiger partial charge in [0.25, 0.3) is 0 Å². The Morgan fingerprint density at radius 3 is 3.00 bits per heavy atom. The summed E-state index contributed by atoms with van der Waals surface area (Å²) in [6.07, 6.45) is 1.97. The van der Waals surface area contributed by atoms with Crippen molar-refractivity contribution in [3.63, 3.8) is 0 Å². The highest BCUT2D eigenvalue weighted by Gasteiger charge is 2.25. The lowest BCUT2D eigenvalue weighted by Gasteiger charge is -2.26. The van der Waals surface area contributed by atoms with E-state index in [9.17, 15) is 4.39 Å². The van der Waals surface area contributed by atoms with E-state index in [1.807, 2.05) is 0 Å². The molecule has 2 atom stereocenters. The van der Waals surface area contributed by atoms with Gasteiger partial charge in [-0.05, 0) is 18.6 Å². The first kappa shape index (κ1) is 9.11. The van der Waals surface area contributed by atoms with Gasteiger partial charge in [0, 0.05) is 11.7 Å². The number of hydrogen-bond acceptors (Lipinski definition) is 1. The van der Waals surface area contributed by atoms with Crippen LogP contribution < -0.4 is 0 Å². The fourth-order valence-electron chi connectivity index (χ4n) is 1.44. The van der Waals surface area contributed by atoms with E-state index in [1.54, 1.807) is 11.8 Å². The zero-order valence-corrected chi connectivity index (χ0v) is 7.79. The molecule has 11 heavy (non-hydrogen) atoms. The quantitative estimate of drug-likeness (QED) is 0.579. The van der Waals surface area contributed by atoms with Gasteiger partial charge in [0.15, 0.2) is 0 Å². The van der Waals surface area contributed by atoms with Crippen molar-refractivity contribution in [3.05, 3.63) is 12.2 Å². The standard InChI is InChI=1S/C9H15FS/c1-3-11-9-5-4-7(2)6-8(9)10/h8-9H,2-6H2,1H3. The predicted molar refractivity (Wildman–Crippen MR) is 49.8 cm³/mol. The minimum Gasteiger partial charge on any atom is -0.246 e. The Bertz CT molecular complexity index is 144. The van der Waals surface area contributed by atoms with Crippen LogP contribution in [0.25, 0.3) is 0 Å². The number of alkyl halides is 1. The smallest absolute Gasteiger partial charge is 0.116 e. The largest absolute Gasteiger partial charge is 0.246 e. The third kappa shape index (κ3) is 2.51. The van der Waals surface area contributed by atoms with Crippen LogP contribution in [0.1, 0.15) is 26.2 Å². The van der Waals surface area contributed by atoms with Crippen LogP contribution in [-0.4, -0.2) is 17.2 Å². The number of allylic oxidation sites excluding steroid dienone is 1. The molecule has 0 radical (unpaired) electrons. The second kappa shape index (κ2) is 4.15. The second-order valence-electron chi connectivity index (χ2n) is 3.00. The summed E-state index contributed by atoms with van der Waals surface area (Å²) in [7, 11) is 0. The van der Waals surface area contributed by atoms with Crippen molar-refractivity contribution < 1.29 is 4.39 Å². The van der Waals surface area contributed by atoms with E-state index in [0.29, 0.717) is 6.42 Å². The molecule has 1 aliphatic rings. The number of thioether (sulfide) groups is 1. The number of hydrogen-bond donors (Lipinski definition) is 0. The molecule has 0 aliphatic heterocycles. The lowest BCUT2D eigenvalue weighted by atomic mass is 9.94. The Hall–Kier alpha value is 0.0200. The van der Waals surface area contributed by atoms with Crippen LogP contribution in [0.15, 0.2) is 12.2 Å². The molecule has 0 nitrogen and oxygen atoms in total. The Balaban J connectivity index is 2.37. The van der Waals surface area contributed by atoms with E-state index in [2.05, 4.69) is 13.5 Å². The molecule has 0 aromatic heterocycles. The maximum atomic E-state index is 13.2. The summed E-state index contributed by atoms with van der Waals surface area (Å²) >= 11 is 1.75. The van der Waals surface area contributed by atoms with Gasteiger partial charge >= 0.3 is 0 Å². The van der Waals surface area contributed by atoms with Crippen LogP contribution in [0.4, 0.5) is 4.39 Å². The molecular formula is C9H15FS. The van der Waals surface area contributed by atoms with Gasteiger partial charge in [-0.2, -0.15) is 11.8 Å². The van der Waals surface area contributed by atoms with Crippen molar-refractivity contribution >= 4 is 11.8 Å². The summed E-state index contributed by atoms with van der Waals surface area (Å²) < 4.78 is 13.2. The zero-order valence-electron chi connectivity index (χ0n) is 6.98. The van der Waals surface area contributed by atoms with Crippen LogP contribution in [0.5, 0.6) is 0 Å². The first-order valence-corrected chi connectivity index (χ1v) is 5.21. The first-order chi connectivity index (χ1) is 5.24. The van der Waals surface area contributed by atoms with E-state index >= 15 is 0 Å². The third-order valence-corrected chi connectivity index (χ3v) is 3.34. The highest BCUT2D eigenvalue weighted by Crippen LogP contribution is 2.32. The molecule has 0 aromatic rings. The minimum absolute atomic E-state index is 0.241. The summed E-state index contributed by atoms with van der Waals surface area (Å²) in [4.78, 5) is 0. The minimum atomic E-state index is -0.638. The highest BCUT2D eigenvalue weighted by molar-refractivity contribution is 7.99. The monoisotopic (exact) mass is 174 g/mol. The molecule has 64 valence electrons. The van der Waals surface area contributed by atoms with Crippen molar-refractivity contribution in [1.29, 1.82) is 0 Å². The normalized spacial score (nSPS) is 32.4. The van der Waals surface area contributed by atoms with Gasteiger partial charge in [0.1, 0.15) is 6.17 Å². The van der Waals surface area contributed by atoms with Gasteiger partial charge in [-0.25, -0.2) is 4.39 Å². The van der Waals surface area contributed by atoms with Gasteiger partial charge in [-0.1, -0.05) is 19.1 Å². The fourth-order valence-corrected chi connectivity index (χ4v) is 2.46. The fraction of sp³-hybridized carbons (Fsp3) is 0.778. The average molecular weight is 174 g/mol. The molecule has 0 spiro atoms. The summed E-state index contributed by atoms with van der Waals surface area (Å²) in [5.74, 6) is 1.03. The van der Waals surface area contributed by atoms with Crippen molar-refractivity contribution in [3.8, 4) is 0 Å². The molecule has 1 fully saturated rings. The van der Waals surface area contributed by atoms with Crippen LogP contribution in [-0.2, 0) is 0 Å². The van der Waals surface area contributed by atoms with Crippen LogP contribution in [0.2, 0.25) is 0 Å². The molecule has 1 aliphatic carbocycles. The lowest BCUT2D eigenvalue weighted by Crippen LogP contribution is -2.24. The van der Waals surface area contributed by atoms with Crippen molar-refractivity contribution in [1.82, 2.24) is 0 Å². The Labute approximate surface area is 72.3 Å². The average Bonchev–Trinajstić information content (AvgIpc) is 1.95. The van der Waals surface area contributed by atoms with Crippen LogP contribution >= 0.6 is 11.8 Å². The molecule has 2 heteroatoms. The van der Waals surface area contributed by atoms with E-state index in [4.69, 9.17) is 0 Å². The Kier molecular flexibility index (Phi) is 3.44. The van der Waals surface area contributed by atoms with E-state index in [0.717, 1.165) is 24.2 Å². The van der Waals surface area contributed by atoms with Crippen LogP contribution in [0.3, 0.4) is 0 Å². The van der Waals surface area contributed by atoms with Crippen molar-refractivity contribution in [2.75, 3.05) is 5.75 Å². The molecule has 2 unspecified atom stereocenters. The third-order valence-electron chi connectivity index (χ3n) is 2.05. The Morgan fingerprint density at radius 1 is 1.73 bits per heavy atom. The summed E-state index contributed by atoms with van der Waals surface area (Å²) in [6.45, 7) is 5.89. The first-order valence-electron chi connectivity index (χ1n) is 4.16. The van der Waals surface area contributed by atoms with Gasteiger partial charge < -0.3 is 0 Å². The topological polar surface area (TPSA) is 0 Å². The lowest BCUT2D eigenvalue weighted by molar-refractivity contribution is 0.293. The van der Waals surface area contributed by atoms with Gasteiger partial charge in [-0.3, -0.25) is 0 Å². The maximum absolute atomic E-state index is 13.2. The molecule has 0 amide bonds. The van der Waals surface area contributed by atoms with Crippen molar-refractivity contribution in [2.45, 2.75) is 37.6 Å². The van der Waals surface area contributed by atoms with Gasteiger partial charge in [0.05, 0.1) is 0 Å². The highest BCUT2D eigenvalue weighted by atomic mass is 32.2. The summed E-state index contributed by atoms with van der Waals surface area (Å²) in [5.41, 5.74) is 1.09. The van der Waals surface area contributed by atoms with Gasteiger partial charge in [0.2, 0.25) is 0 Å². The molecule has 1 saturated carbocycles. The van der Waals surface area contributed by atoms with E-state index in [-0.39, 0.29) is 5.25 Å². The molecule has 0 N–H and O–H groups in total. The molecule has 0 heterocycles.